The largest absolute Gasteiger partial charge is 0.373 e. The van der Waals surface area contributed by atoms with Crippen molar-refractivity contribution in [1.29, 1.82) is 0 Å². The first-order valence-electron chi connectivity index (χ1n) is 3.47. The number of hydrogen-bond acceptors (Lipinski definition) is 1. The average Bonchev–Trinajstić information content (AvgIpc) is 1.85. The van der Waals surface area contributed by atoms with E-state index >= 15 is 0 Å². The van der Waals surface area contributed by atoms with Crippen LogP contribution in [0.5, 0.6) is 0 Å². The van der Waals surface area contributed by atoms with Gasteiger partial charge in [-0.25, -0.2) is 8.78 Å². The Morgan fingerprint density at radius 2 is 1.90 bits per heavy atom. The van der Waals surface area contributed by atoms with Crippen LogP contribution in [-0.4, -0.2) is 18.6 Å². The van der Waals surface area contributed by atoms with Gasteiger partial charge >= 0.3 is 0 Å². The zero-order valence-electron chi connectivity index (χ0n) is 6.66. The van der Waals surface area contributed by atoms with Crippen molar-refractivity contribution in [3.05, 3.63) is 0 Å². The number of halogens is 2. The summed E-state index contributed by atoms with van der Waals surface area (Å²) in [6, 6.07) is 0. The van der Waals surface area contributed by atoms with Crippen LogP contribution in [0.4, 0.5) is 8.78 Å². The van der Waals surface area contributed by atoms with Gasteiger partial charge in [0.1, 0.15) is 6.61 Å². The third kappa shape index (κ3) is 4.68. The minimum Gasteiger partial charge on any atom is -0.373 e. The molecule has 0 aliphatic rings. The quantitative estimate of drug-likeness (QED) is 0.601. The maximum atomic E-state index is 12.4. The van der Waals surface area contributed by atoms with Gasteiger partial charge in [-0.15, -0.1) is 0 Å². The predicted octanol–water partition coefficient (Wildman–Crippen LogP) is 2.46. The summed E-state index contributed by atoms with van der Waals surface area (Å²) in [5.41, 5.74) is 0. The Hall–Kier alpha value is -0.180. The fourth-order valence-electron chi connectivity index (χ4n) is 0.391. The summed E-state index contributed by atoms with van der Waals surface area (Å²) < 4.78 is 29.5. The summed E-state index contributed by atoms with van der Waals surface area (Å²) in [5, 5.41) is 0. The number of rotatable bonds is 4. The molecule has 0 aromatic carbocycles. The van der Waals surface area contributed by atoms with Crippen LogP contribution in [0.1, 0.15) is 27.2 Å². The fraction of sp³-hybridized carbons (Fsp3) is 1.00. The minimum absolute atomic E-state index is 0.113. The first kappa shape index (κ1) is 9.82. The molecule has 0 aromatic heterocycles. The molecular formula is C7H14F2O. The topological polar surface area (TPSA) is 9.23 Å². The molecule has 62 valence electrons. The van der Waals surface area contributed by atoms with Gasteiger partial charge in [0.25, 0.3) is 5.92 Å². The van der Waals surface area contributed by atoms with Crippen LogP contribution in [-0.2, 0) is 4.74 Å². The molecule has 0 saturated carbocycles. The van der Waals surface area contributed by atoms with Crippen molar-refractivity contribution in [2.75, 3.05) is 6.61 Å². The molecule has 0 bridgehead atoms. The maximum absolute atomic E-state index is 12.4. The van der Waals surface area contributed by atoms with Gasteiger partial charge < -0.3 is 4.74 Å². The molecule has 0 unspecified atom stereocenters. The molecular weight excluding hydrogens is 138 g/mol. The van der Waals surface area contributed by atoms with E-state index in [-0.39, 0.29) is 12.5 Å². The monoisotopic (exact) mass is 152 g/mol. The normalized spacial score (nSPS) is 12.6. The summed E-state index contributed by atoms with van der Waals surface area (Å²) in [6.45, 7) is 4.47. The molecule has 0 saturated heterocycles. The average molecular weight is 152 g/mol. The van der Waals surface area contributed by atoms with Crippen LogP contribution in [0, 0.1) is 0 Å². The molecule has 0 N–H and O–H groups in total. The number of hydrogen-bond donors (Lipinski definition) is 0. The van der Waals surface area contributed by atoms with Crippen molar-refractivity contribution in [2.24, 2.45) is 0 Å². The molecule has 0 fully saturated rings. The van der Waals surface area contributed by atoms with Gasteiger partial charge in [-0.1, -0.05) is 6.92 Å². The van der Waals surface area contributed by atoms with E-state index in [4.69, 9.17) is 4.74 Å². The summed E-state index contributed by atoms with van der Waals surface area (Å²) >= 11 is 0. The molecule has 0 atom stereocenters. The molecule has 0 heterocycles. The Bertz CT molecular complexity index is 91.6. The smallest absolute Gasteiger partial charge is 0.270 e. The van der Waals surface area contributed by atoms with Crippen molar-refractivity contribution in [1.82, 2.24) is 0 Å². The number of alkyl halides is 2. The van der Waals surface area contributed by atoms with Gasteiger partial charge in [0.05, 0.1) is 6.10 Å². The van der Waals surface area contributed by atoms with Gasteiger partial charge in [0, 0.05) is 6.42 Å². The van der Waals surface area contributed by atoms with Crippen LogP contribution in [0.3, 0.4) is 0 Å². The molecule has 10 heavy (non-hydrogen) atoms. The van der Waals surface area contributed by atoms with E-state index in [1.807, 2.05) is 0 Å². The van der Waals surface area contributed by atoms with Gasteiger partial charge in [0.15, 0.2) is 0 Å². The van der Waals surface area contributed by atoms with E-state index in [2.05, 4.69) is 0 Å². The van der Waals surface area contributed by atoms with E-state index < -0.39 is 12.5 Å². The van der Waals surface area contributed by atoms with Crippen molar-refractivity contribution in [3.8, 4) is 0 Å². The Kier molecular flexibility index (Phi) is 3.79. The zero-order chi connectivity index (χ0) is 8.20. The highest BCUT2D eigenvalue weighted by Crippen LogP contribution is 2.18. The summed E-state index contributed by atoms with van der Waals surface area (Å²) in [5.74, 6) is -2.65. The molecule has 0 spiro atoms. The van der Waals surface area contributed by atoms with E-state index in [0.717, 1.165) is 0 Å². The molecule has 0 aliphatic carbocycles. The first-order chi connectivity index (χ1) is 4.48. The van der Waals surface area contributed by atoms with E-state index in [9.17, 15) is 8.78 Å². The molecule has 0 aliphatic heterocycles. The van der Waals surface area contributed by atoms with Crippen LogP contribution in [0.25, 0.3) is 0 Å². The van der Waals surface area contributed by atoms with Gasteiger partial charge in [0.2, 0.25) is 0 Å². The third-order valence-electron chi connectivity index (χ3n) is 1.15. The highest BCUT2D eigenvalue weighted by molar-refractivity contribution is 4.61. The second-order valence-electron chi connectivity index (χ2n) is 2.57. The van der Waals surface area contributed by atoms with E-state index in [0.29, 0.717) is 0 Å². The standard InChI is InChI=1S/C7H14F2O/c1-4-7(8,9)5-10-6(2)3/h6H,4-5H2,1-3H3. The van der Waals surface area contributed by atoms with E-state index in [1.54, 1.807) is 13.8 Å². The first-order valence-corrected chi connectivity index (χ1v) is 3.47. The van der Waals surface area contributed by atoms with Gasteiger partial charge in [-0.05, 0) is 13.8 Å². The SMILES string of the molecule is CCC(F)(F)COC(C)C. The fourth-order valence-corrected chi connectivity index (χ4v) is 0.391. The maximum Gasteiger partial charge on any atom is 0.270 e. The van der Waals surface area contributed by atoms with Crippen molar-refractivity contribution in [2.45, 2.75) is 39.2 Å². The molecule has 0 aromatic rings. The predicted molar refractivity (Wildman–Crippen MR) is 36.3 cm³/mol. The lowest BCUT2D eigenvalue weighted by Crippen LogP contribution is -2.24. The Morgan fingerprint density at radius 3 is 2.20 bits per heavy atom. The van der Waals surface area contributed by atoms with Gasteiger partial charge in [-0.2, -0.15) is 0 Å². The molecule has 1 nitrogen and oxygen atoms in total. The second-order valence-corrected chi connectivity index (χ2v) is 2.57. The van der Waals surface area contributed by atoms with Crippen LogP contribution in [0.2, 0.25) is 0 Å². The lowest BCUT2D eigenvalue weighted by atomic mass is 10.3. The Labute approximate surface area is 60.4 Å². The highest BCUT2D eigenvalue weighted by atomic mass is 19.3. The Morgan fingerprint density at radius 1 is 1.40 bits per heavy atom. The highest BCUT2D eigenvalue weighted by Gasteiger charge is 2.26. The Balaban J connectivity index is 3.46. The minimum atomic E-state index is -2.65. The third-order valence-corrected chi connectivity index (χ3v) is 1.15. The summed E-state index contributed by atoms with van der Waals surface area (Å²) in [6.07, 6.45) is -0.267. The van der Waals surface area contributed by atoms with Crippen molar-refractivity contribution in [3.63, 3.8) is 0 Å². The lowest BCUT2D eigenvalue weighted by molar-refractivity contribution is -0.0938. The molecule has 0 radical (unpaired) electrons. The van der Waals surface area contributed by atoms with Crippen LogP contribution < -0.4 is 0 Å². The zero-order valence-corrected chi connectivity index (χ0v) is 6.66. The van der Waals surface area contributed by atoms with Crippen molar-refractivity contribution >= 4 is 0 Å². The molecule has 3 heteroatoms. The van der Waals surface area contributed by atoms with Gasteiger partial charge in [-0.3, -0.25) is 0 Å². The van der Waals surface area contributed by atoms with Crippen LogP contribution in [0.15, 0.2) is 0 Å². The summed E-state index contributed by atoms with van der Waals surface area (Å²) in [7, 11) is 0. The van der Waals surface area contributed by atoms with E-state index in [1.165, 1.54) is 6.92 Å². The second kappa shape index (κ2) is 3.86. The van der Waals surface area contributed by atoms with Crippen LogP contribution >= 0.6 is 0 Å². The molecule has 0 amide bonds. The van der Waals surface area contributed by atoms with Crippen molar-refractivity contribution < 1.29 is 13.5 Å². The number of ether oxygens (including phenoxy) is 1. The summed E-state index contributed by atoms with van der Waals surface area (Å²) in [4.78, 5) is 0. The molecule has 0 rings (SSSR count). The lowest BCUT2D eigenvalue weighted by Gasteiger charge is -2.15.